The third-order valence-electron chi connectivity index (χ3n) is 3.79. The van der Waals surface area contributed by atoms with Gasteiger partial charge < -0.3 is 14.8 Å². The van der Waals surface area contributed by atoms with E-state index in [1.54, 1.807) is 12.5 Å². The maximum absolute atomic E-state index is 12.6. The predicted molar refractivity (Wildman–Crippen MR) is 89.2 cm³/mol. The molecule has 0 aliphatic carbocycles. The summed E-state index contributed by atoms with van der Waals surface area (Å²) < 4.78 is 2.89. The zero-order valence-corrected chi connectivity index (χ0v) is 14.3. The normalized spacial score (nSPS) is 17.5. The van der Waals surface area contributed by atoms with Gasteiger partial charge in [0.1, 0.15) is 12.0 Å². The average molecular weight is 363 g/mol. The first kappa shape index (κ1) is 15.2. The fourth-order valence-electron chi connectivity index (χ4n) is 2.66. The standard InChI is InChI=1S/C16H19BrN4O/c1-16(2)10-20(8-7-19-16)15(22)14-9-21(11-18-14)13-5-3-12(17)4-6-13/h3-6,9,11,19H,7-8,10H2,1-2H3. The molecule has 1 aliphatic rings. The second-order valence-corrected chi connectivity index (χ2v) is 7.10. The number of imidazole rings is 1. The summed E-state index contributed by atoms with van der Waals surface area (Å²) in [6.45, 7) is 6.43. The van der Waals surface area contributed by atoms with E-state index in [1.807, 2.05) is 33.7 Å². The molecule has 2 heterocycles. The van der Waals surface area contributed by atoms with E-state index in [-0.39, 0.29) is 11.4 Å². The molecular weight excluding hydrogens is 344 g/mol. The van der Waals surface area contributed by atoms with E-state index < -0.39 is 0 Å². The first-order valence-electron chi connectivity index (χ1n) is 7.29. The highest BCUT2D eigenvalue weighted by Gasteiger charge is 2.29. The molecule has 1 amide bonds. The highest BCUT2D eigenvalue weighted by Crippen LogP contribution is 2.16. The van der Waals surface area contributed by atoms with Crippen molar-refractivity contribution in [3.8, 4) is 5.69 Å². The molecule has 0 unspecified atom stereocenters. The zero-order chi connectivity index (χ0) is 15.7. The van der Waals surface area contributed by atoms with Crippen LogP contribution in [0, 0.1) is 0 Å². The van der Waals surface area contributed by atoms with E-state index >= 15 is 0 Å². The van der Waals surface area contributed by atoms with E-state index in [0.29, 0.717) is 18.8 Å². The fourth-order valence-corrected chi connectivity index (χ4v) is 2.93. The van der Waals surface area contributed by atoms with Crippen molar-refractivity contribution in [1.29, 1.82) is 0 Å². The Kier molecular flexibility index (Phi) is 4.06. The number of hydrogen-bond acceptors (Lipinski definition) is 3. The van der Waals surface area contributed by atoms with Crippen molar-refractivity contribution in [2.24, 2.45) is 0 Å². The second kappa shape index (κ2) is 5.85. The molecule has 116 valence electrons. The van der Waals surface area contributed by atoms with E-state index in [2.05, 4.69) is 40.1 Å². The summed E-state index contributed by atoms with van der Waals surface area (Å²) in [5.74, 6) is -0.00885. The van der Waals surface area contributed by atoms with Crippen molar-refractivity contribution in [2.75, 3.05) is 19.6 Å². The van der Waals surface area contributed by atoms with Crippen molar-refractivity contribution in [2.45, 2.75) is 19.4 Å². The molecule has 1 aliphatic heterocycles. The summed E-state index contributed by atoms with van der Waals surface area (Å²) in [6.07, 6.45) is 3.48. The predicted octanol–water partition coefficient (Wildman–Crippen LogP) is 2.46. The van der Waals surface area contributed by atoms with E-state index in [9.17, 15) is 4.79 Å². The lowest BCUT2D eigenvalue weighted by atomic mass is 10.0. The van der Waals surface area contributed by atoms with Gasteiger partial charge in [-0.25, -0.2) is 4.98 Å². The Morgan fingerprint density at radius 2 is 2.05 bits per heavy atom. The minimum absolute atomic E-state index is 0.00885. The largest absolute Gasteiger partial charge is 0.334 e. The van der Waals surface area contributed by atoms with Crippen LogP contribution in [0.4, 0.5) is 0 Å². The minimum atomic E-state index is -0.0534. The molecule has 0 saturated carbocycles. The van der Waals surface area contributed by atoms with Gasteiger partial charge in [-0.05, 0) is 38.1 Å². The molecule has 0 radical (unpaired) electrons. The number of aromatic nitrogens is 2. The van der Waals surface area contributed by atoms with Crippen LogP contribution in [-0.4, -0.2) is 45.5 Å². The van der Waals surface area contributed by atoms with Crippen LogP contribution < -0.4 is 5.32 Å². The maximum atomic E-state index is 12.6. The monoisotopic (exact) mass is 362 g/mol. The van der Waals surface area contributed by atoms with Crippen molar-refractivity contribution in [1.82, 2.24) is 19.8 Å². The van der Waals surface area contributed by atoms with Crippen LogP contribution in [-0.2, 0) is 0 Å². The third-order valence-corrected chi connectivity index (χ3v) is 4.31. The Bertz CT molecular complexity index is 678. The van der Waals surface area contributed by atoms with Gasteiger partial charge in [-0.3, -0.25) is 4.79 Å². The third kappa shape index (κ3) is 3.23. The summed E-state index contributed by atoms with van der Waals surface area (Å²) in [7, 11) is 0. The van der Waals surface area contributed by atoms with Gasteiger partial charge >= 0.3 is 0 Å². The zero-order valence-electron chi connectivity index (χ0n) is 12.7. The molecule has 5 nitrogen and oxygen atoms in total. The first-order chi connectivity index (χ1) is 10.4. The molecular formula is C16H19BrN4O. The van der Waals surface area contributed by atoms with Crippen molar-refractivity contribution in [3.05, 3.63) is 47.0 Å². The molecule has 1 N–H and O–H groups in total. The number of carbonyl (C=O) groups excluding carboxylic acids is 1. The molecule has 1 aromatic heterocycles. The van der Waals surface area contributed by atoms with E-state index in [4.69, 9.17) is 0 Å². The van der Waals surface area contributed by atoms with Crippen LogP contribution in [0.5, 0.6) is 0 Å². The van der Waals surface area contributed by atoms with Crippen molar-refractivity contribution < 1.29 is 4.79 Å². The number of rotatable bonds is 2. The van der Waals surface area contributed by atoms with Gasteiger partial charge in [0, 0.05) is 41.5 Å². The fraction of sp³-hybridized carbons (Fsp3) is 0.375. The molecule has 1 saturated heterocycles. The summed E-state index contributed by atoms with van der Waals surface area (Å²) >= 11 is 3.42. The number of carbonyl (C=O) groups is 1. The Labute approximate surface area is 138 Å². The van der Waals surface area contributed by atoms with Gasteiger partial charge in [-0.1, -0.05) is 15.9 Å². The van der Waals surface area contributed by atoms with E-state index in [0.717, 1.165) is 16.7 Å². The summed E-state index contributed by atoms with van der Waals surface area (Å²) in [5.41, 5.74) is 1.42. The van der Waals surface area contributed by atoms with Gasteiger partial charge in [0.25, 0.3) is 5.91 Å². The highest BCUT2D eigenvalue weighted by atomic mass is 79.9. The van der Waals surface area contributed by atoms with Gasteiger partial charge in [-0.2, -0.15) is 0 Å². The average Bonchev–Trinajstić information content (AvgIpc) is 2.96. The lowest BCUT2D eigenvalue weighted by molar-refractivity contribution is 0.0647. The molecule has 22 heavy (non-hydrogen) atoms. The number of piperazine rings is 1. The maximum Gasteiger partial charge on any atom is 0.274 e. The van der Waals surface area contributed by atoms with Gasteiger partial charge in [0.15, 0.2) is 0 Å². The number of nitrogens with one attached hydrogen (secondary N) is 1. The number of amides is 1. The number of halogens is 1. The van der Waals surface area contributed by atoms with E-state index in [1.165, 1.54) is 0 Å². The van der Waals surface area contributed by atoms with Crippen molar-refractivity contribution >= 4 is 21.8 Å². The first-order valence-corrected chi connectivity index (χ1v) is 8.08. The summed E-state index contributed by atoms with van der Waals surface area (Å²) in [4.78, 5) is 18.7. The Morgan fingerprint density at radius 3 is 2.73 bits per heavy atom. The Hall–Kier alpha value is -1.66. The van der Waals surface area contributed by atoms with Crippen LogP contribution in [0.15, 0.2) is 41.3 Å². The van der Waals surface area contributed by atoms with Gasteiger partial charge in [0.2, 0.25) is 0 Å². The molecule has 1 fully saturated rings. The topological polar surface area (TPSA) is 50.2 Å². The second-order valence-electron chi connectivity index (χ2n) is 6.18. The van der Waals surface area contributed by atoms with Crippen LogP contribution in [0.1, 0.15) is 24.3 Å². The van der Waals surface area contributed by atoms with Gasteiger partial charge in [0.05, 0.1) is 0 Å². The van der Waals surface area contributed by atoms with Crippen LogP contribution in [0.25, 0.3) is 5.69 Å². The van der Waals surface area contributed by atoms with Gasteiger partial charge in [-0.15, -0.1) is 0 Å². The van der Waals surface area contributed by atoms with Crippen LogP contribution in [0.2, 0.25) is 0 Å². The highest BCUT2D eigenvalue weighted by molar-refractivity contribution is 9.10. The summed E-state index contributed by atoms with van der Waals surface area (Å²) in [5, 5.41) is 3.41. The quantitative estimate of drug-likeness (QED) is 0.892. The number of benzene rings is 1. The Morgan fingerprint density at radius 1 is 1.32 bits per heavy atom. The molecule has 6 heteroatoms. The molecule has 0 bridgehead atoms. The Balaban J connectivity index is 1.78. The van der Waals surface area contributed by atoms with Crippen LogP contribution >= 0.6 is 15.9 Å². The number of nitrogens with zero attached hydrogens (tertiary/aromatic N) is 3. The SMILES string of the molecule is CC1(C)CN(C(=O)c2cn(-c3ccc(Br)cc3)cn2)CCN1. The molecule has 3 rings (SSSR count). The van der Waals surface area contributed by atoms with Crippen molar-refractivity contribution in [3.63, 3.8) is 0 Å². The van der Waals surface area contributed by atoms with Crippen LogP contribution in [0.3, 0.4) is 0 Å². The summed E-state index contributed by atoms with van der Waals surface area (Å²) in [6, 6.07) is 7.90. The number of hydrogen-bond donors (Lipinski definition) is 1. The lowest BCUT2D eigenvalue weighted by Gasteiger charge is -2.38. The smallest absolute Gasteiger partial charge is 0.274 e. The molecule has 0 atom stereocenters. The molecule has 1 aromatic carbocycles. The molecule has 0 spiro atoms. The minimum Gasteiger partial charge on any atom is -0.334 e. The lowest BCUT2D eigenvalue weighted by Crippen LogP contribution is -2.58. The molecule has 2 aromatic rings.